The van der Waals surface area contributed by atoms with Crippen LogP contribution in [0.25, 0.3) is 0 Å². The number of alkyl halides is 2. The summed E-state index contributed by atoms with van der Waals surface area (Å²) in [5.74, 6) is -0.495. The van der Waals surface area contributed by atoms with Gasteiger partial charge < -0.3 is 10.4 Å². The van der Waals surface area contributed by atoms with E-state index in [4.69, 9.17) is 28.3 Å². The molecule has 0 aromatic heterocycles. The van der Waals surface area contributed by atoms with Crippen LogP contribution in [0.5, 0.6) is 0 Å². The van der Waals surface area contributed by atoms with Gasteiger partial charge in [-0.15, -0.1) is 0 Å². The van der Waals surface area contributed by atoms with Crippen LogP contribution in [0.15, 0.2) is 0 Å². The van der Waals surface area contributed by atoms with Crippen molar-refractivity contribution in [3.05, 3.63) is 0 Å². The van der Waals surface area contributed by atoms with Crippen molar-refractivity contribution in [1.82, 2.24) is 5.32 Å². The van der Waals surface area contributed by atoms with E-state index in [1.54, 1.807) is 0 Å². The molecule has 0 aromatic rings. The van der Waals surface area contributed by atoms with E-state index in [0.29, 0.717) is 0 Å². The van der Waals surface area contributed by atoms with Gasteiger partial charge in [0.15, 0.2) is 4.33 Å². The number of carbonyl (C=O) groups is 1. The summed E-state index contributed by atoms with van der Waals surface area (Å²) in [5.41, 5.74) is 0. The number of carbonyl (C=O) groups excluding carboxylic acids is 1. The van der Waals surface area contributed by atoms with Crippen molar-refractivity contribution in [2.75, 3.05) is 13.2 Å². The van der Waals surface area contributed by atoms with E-state index in [2.05, 4.69) is 5.32 Å². The van der Waals surface area contributed by atoms with Crippen molar-refractivity contribution >= 4 is 29.1 Å². The zero-order valence-corrected chi connectivity index (χ0v) is 7.04. The van der Waals surface area contributed by atoms with Crippen LogP contribution in [0, 0.1) is 0 Å². The Morgan fingerprint density at radius 1 is 1.70 bits per heavy atom. The Morgan fingerprint density at radius 2 is 2.20 bits per heavy atom. The molecule has 0 aromatic carbocycles. The average Bonchev–Trinajstić information content (AvgIpc) is 1.80. The summed E-state index contributed by atoms with van der Waals surface area (Å²) in [5, 5.41) is 10.6. The standard InChI is InChI=1S/C5H9Cl2NO2/c1-5(6,7)4(10)8-2-3-9/h9H,2-3H2,1H3,(H,8,10). The Kier molecular flexibility index (Phi) is 4.01. The molecular weight excluding hydrogens is 177 g/mol. The summed E-state index contributed by atoms with van der Waals surface area (Å²) in [7, 11) is 0. The van der Waals surface area contributed by atoms with Gasteiger partial charge in [-0.25, -0.2) is 0 Å². The van der Waals surface area contributed by atoms with Crippen LogP contribution in [0.2, 0.25) is 0 Å². The Balaban J connectivity index is 3.64. The summed E-state index contributed by atoms with van der Waals surface area (Å²) < 4.78 is -1.41. The van der Waals surface area contributed by atoms with Gasteiger partial charge in [0.1, 0.15) is 0 Å². The Labute approximate surface area is 69.3 Å². The van der Waals surface area contributed by atoms with Crippen molar-refractivity contribution in [2.24, 2.45) is 0 Å². The molecular formula is C5H9Cl2NO2. The summed E-state index contributed by atoms with van der Waals surface area (Å²) >= 11 is 10.8. The van der Waals surface area contributed by atoms with Gasteiger partial charge in [-0.2, -0.15) is 0 Å². The van der Waals surface area contributed by atoms with Crippen LogP contribution in [-0.4, -0.2) is 28.5 Å². The van der Waals surface area contributed by atoms with Gasteiger partial charge in [0.2, 0.25) is 0 Å². The second-order valence-corrected chi connectivity index (χ2v) is 3.57. The monoisotopic (exact) mass is 185 g/mol. The third-order valence-corrected chi connectivity index (χ3v) is 1.14. The van der Waals surface area contributed by atoms with Gasteiger partial charge in [-0.05, 0) is 6.92 Å². The van der Waals surface area contributed by atoms with E-state index in [1.807, 2.05) is 0 Å². The highest BCUT2D eigenvalue weighted by atomic mass is 35.5. The minimum atomic E-state index is -1.41. The van der Waals surface area contributed by atoms with Gasteiger partial charge >= 0.3 is 0 Å². The van der Waals surface area contributed by atoms with Crippen molar-refractivity contribution in [3.8, 4) is 0 Å². The molecule has 60 valence electrons. The maximum atomic E-state index is 10.7. The summed E-state index contributed by atoms with van der Waals surface area (Å²) in [6.07, 6.45) is 0. The third-order valence-electron chi connectivity index (χ3n) is 0.796. The summed E-state index contributed by atoms with van der Waals surface area (Å²) in [4.78, 5) is 10.7. The minimum Gasteiger partial charge on any atom is -0.395 e. The highest BCUT2D eigenvalue weighted by molar-refractivity contribution is 6.57. The van der Waals surface area contributed by atoms with Crippen LogP contribution >= 0.6 is 23.2 Å². The fourth-order valence-corrected chi connectivity index (χ4v) is 0.458. The van der Waals surface area contributed by atoms with Crippen LogP contribution in [-0.2, 0) is 4.79 Å². The first-order valence-corrected chi connectivity index (χ1v) is 3.51. The van der Waals surface area contributed by atoms with Gasteiger partial charge in [0.25, 0.3) is 5.91 Å². The molecule has 2 N–H and O–H groups in total. The van der Waals surface area contributed by atoms with E-state index in [0.717, 1.165) is 0 Å². The van der Waals surface area contributed by atoms with E-state index in [1.165, 1.54) is 6.92 Å². The predicted octanol–water partition coefficient (Wildman–Crippen LogP) is 0.289. The molecule has 0 aliphatic rings. The number of rotatable bonds is 3. The third kappa shape index (κ3) is 3.93. The van der Waals surface area contributed by atoms with Crippen molar-refractivity contribution < 1.29 is 9.90 Å². The molecule has 0 aliphatic heterocycles. The summed E-state index contributed by atoms with van der Waals surface area (Å²) in [6.45, 7) is 1.42. The zero-order valence-electron chi connectivity index (χ0n) is 5.53. The number of aliphatic hydroxyl groups excluding tert-OH is 1. The van der Waals surface area contributed by atoms with Crippen LogP contribution in [0.4, 0.5) is 0 Å². The molecule has 0 bridgehead atoms. The predicted molar refractivity (Wildman–Crippen MR) is 40.2 cm³/mol. The quantitative estimate of drug-likeness (QED) is 0.622. The van der Waals surface area contributed by atoms with Gasteiger partial charge in [0.05, 0.1) is 6.61 Å². The molecule has 0 fully saturated rings. The number of hydrogen-bond donors (Lipinski definition) is 2. The molecule has 0 atom stereocenters. The van der Waals surface area contributed by atoms with E-state index in [-0.39, 0.29) is 13.2 Å². The van der Waals surface area contributed by atoms with Crippen LogP contribution in [0.3, 0.4) is 0 Å². The molecule has 0 unspecified atom stereocenters. The number of nitrogens with one attached hydrogen (secondary N) is 1. The zero-order chi connectivity index (χ0) is 8.20. The summed E-state index contributed by atoms with van der Waals surface area (Å²) in [6, 6.07) is 0. The average molecular weight is 186 g/mol. The molecule has 3 nitrogen and oxygen atoms in total. The van der Waals surface area contributed by atoms with Crippen molar-refractivity contribution in [1.29, 1.82) is 0 Å². The molecule has 10 heavy (non-hydrogen) atoms. The highest BCUT2D eigenvalue weighted by Gasteiger charge is 2.26. The largest absolute Gasteiger partial charge is 0.395 e. The molecule has 1 amide bonds. The number of hydrogen-bond acceptors (Lipinski definition) is 2. The SMILES string of the molecule is CC(Cl)(Cl)C(=O)NCCO. The number of amides is 1. The minimum absolute atomic E-state index is 0.115. The van der Waals surface area contributed by atoms with Crippen molar-refractivity contribution in [3.63, 3.8) is 0 Å². The fourth-order valence-electron chi connectivity index (χ4n) is 0.325. The maximum Gasteiger partial charge on any atom is 0.256 e. The van der Waals surface area contributed by atoms with Gasteiger partial charge in [0, 0.05) is 6.54 Å². The van der Waals surface area contributed by atoms with Crippen LogP contribution < -0.4 is 5.32 Å². The lowest BCUT2D eigenvalue weighted by Crippen LogP contribution is -2.37. The van der Waals surface area contributed by atoms with Crippen molar-refractivity contribution in [2.45, 2.75) is 11.3 Å². The molecule has 0 spiro atoms. The molecule has 0 saturated carbocycles. The second-order valence-electron chi connectivity index (χ2n) is 1.87. The molecule has 0 saturated heterocycles. The first-order valence-electron chi connectivity index (χ1n) is 2.75. The first-order chi connectivity index (χ1) is 4.48. The van der Waals surface area contributed by atoms with E-state index in [9.17, 15) is 4.79 Å². The Bertz CT molecular complexity index is 121. The van der Waals surface area contributed by atoms with E-state index >= 15 is 0 Å². The number of aliphatic hydroxyl groups is 1. The molecule has 0 radical (unpaired) electrons. The maximum absolute atomic E-state index is 10.7. The fraction of sp³-hybridized carbons (Fsp3) is 0.800. The highest BCUT2D eigenvalue weighted by Crippen LogP contribution is 2.18. The van der Waals surface area contributed by atoms with Gasteiger partial charge in [-0.1, -0.05) is 23.2 Å². The molecule has 0 rings (SSSR count). The molecule has 5 heteroatoms. The van der Waals surface area contributed by atoms with Gasteiger partial charge in [-0.3, -0.25) is 4.79 Å². The van der Waals surface area contributed by atoms with Crippen LogP contribution in [0.1, 0.15) is 6.92 Å². The lowest BCUT2D eigenvalue weighted by atomic mass is 10.4. The normalized spacial score (nSPS) is 11.2. The Morgan fingerprint density at radius 3 is 2.50 bits per heavy atom. The smallest absolute Gasteiger partial charge is 0.256 e. The molecule has 0 aliphatic carbocycles. The van der Waals surface area contributed by atoms with E-state index < -0.39 is 10.2 Å². The Hall–Kier alpha value is 0.01000. The lowest BCUT2D eigenvalue weighted by Gasteiger charge is -2.11. The topological polar surface area (TPSA) is 49.3 Å². The lowest BCUT2D eigenvalue weighted by molar-refractivity contribution is -0.121. The second kappa shape index (κ2) is 4.01. The molecule has 0 heterocycles. The number of halogens is 2. The first kappa shape index (κ1) is 10.0.